The Morgan fingerprint density at radius 1 is 1.19 bits per heavy atom. The highest BCUT2D eigenvalue weighted by molar-refractivity contribution is 5.30. The van der Waals surface area contributed by atoms with E-state index in [9.17, 15) is 17.6 Å². The molecular weight excluding hydrogens is 224 g/mol. The standard InChI is InChI=1S/C10H12F4N2/c1-6(2)16-8-7(5-15-16)9(11,12)3-4-10(8,13)14/h5-6H,3-4H2,1-2H3. The minimum Gasteiger partial charge on any atom is -0.260 e. The van der Waals surface area contributed by atoms with E-state index in [4.69, 9.17) is 0 Å². The van der Waals surface area contributed by atoms with E-state index < -0.39 is 35.9 Å². The van der Waals surface area contributed by atoms with Crippen molar-refractivity contribution in [2.75, 3.05) is 0 Å². The number of halogens is 4. The van der Waals surface area contributed by atoms with Gasteiger partial charge in [-0.3, -0.25) is 4.68 Å². The summed E-state index contributed by atoms with van der Waals surface area (Å²) >= 11 is 0. The molecule has 0 saturated carbocycles. The van der Waals surface area contributed by atoms with E-state index in [2.05, 4.69) is 5.10 Å². The van der Waals surface area contributed by atoms with Crippen molar-refractivity contribution in [2.24, 2.45) is 0 Å². The lowest BCUT2D eigenvalue weighted by atomic mass is 9.91. The van der Waals surface area contributed by atoms with Gasteiger partial charge in [-0.25, -0.2) is 8.78 Å². The highest BCUT2D eigenvalue weighted by Crippen LogP contribution is 2.49. The number of fused-ring (bicyclic) bond motifs is 1. The third-order valence-corrected chi connectivity index (χ3v) is 2.78. The van der Waals surface area contributed by atoms with Gasteiger partial charge >= 0.3 is 0 Å². The van der Waals surface area contributed by atoms with Crippen LogP contribution >= 0.6 is 0 Å². The molecule has 1 heterocycles. The van der Waals surface area contributed by atoms with Gasteiger partial charge in [0.05, 0.1) is 11.8 Å². The van der Waals surface area contributed by atoms with Gasteiger partial charge in [0.25, 0.3) is 11.8 Å². The first-order valence-electron chi connectivity index (χ1n) is 5.10. The van der Waals surface area contributed by atoms with Crippen LogP contribution in [0.4, 0.5) is 17.6 Å². The number of alkyl halides is 4. The van der Waals surface area contributed by atoms with Crippen LogP contribution in [0.25, 0.3) is 0 Å². The van der Waals surface area contributed by atoms with Crippen molar-refractivity contribution in [3.63, 3.8) is 0 Å². The van der Waals surface area contributed by atoms with Crippen molar-refractivity contribution < 1.29 is 17.6 Å². The molecule has 0 aromatic carbocycles. The third-order valence-electron chi connectivity index (χ3n) is 2.78. The van der Waals surface area contributed by atoms with Crippen LogP contribution in [0.5, 0.6) is 0 Å². The Kier molecular flexibility index (Phi) is 2.29. The van der Waals surface area contributed by atoms with Gasteiger partial charge in [0, 0.05) is 18.9 Å². The van der Waals surface area contributed by atoms with E-state index in [-0.39, 0.29) is 6.04 Å². The smallest absolute Gasteiger partial charge is 0.260 e. The van der Waals surface area contributed by atoms with Crippen LogP contribution < -0.4 is 0 Å². The highest BCUT2D eigenvalue weighted by atomic mass is 19.3. The summed E-state index contributed by atoms with van der Waals surface area (Å²) in [5.41, 5.74) is -1.25. The lowest BCUT2D eigenvalue weighted by Crippen LogP contribution is -2.32. The molecule has 0 saturated heterocycles. The molecule has 0 unspecified atom stereocenters. The molecule has 0 fully saturated rings. The molecule has 90 valence electrons. The summed E-state index contributed by atoms with van der Waals surface area (Å²) in [6.45, 7) is 3.27. The zero-order valence-corrected chi connectivity index (χ0v) is 8.98. The quantitative estimate of drug-likeness (QED) is 0.683. The molecule has 16 heavy (non-hydrogen) atoms. The molecule has 1 aliphatic carbocycles. The van der Waals surface area contributed by atoms with Crippen molar-refractivity contribution >= 4 is 0 Å². The van der Waals surface area contributed by atoms with Crippen LogP contribution in [0, 0.1) is 0 Å². The van der Waals surface area contributed by atoms with Crippen molar-refractivity contribution in [1.29, 1.82) is 0 Å². The second-order valence-corrected chi connectivity index (χ2v) is 4.35. The molecule has 6 heteroatoms. The third kappa shape index (κ3) is 1.51. The Bertz CT molecular complexity index is 409. The van der Waals surface area contributed by atoms with Gasteiger partial charge in [-0.2, -0.15) is 13.9 Å². The van der Waals surface area contributed by atoms with Crippen LogP contribution in [0.15, 0.2) is 6.20 Å². The van der Waals surface area contributed by atoms with Crippen molar-refractivity contribution in [3.05, 3.63) is 17.5 Å². The Morgan fingerprint density at radius 3 is 2.31 bits per heavy atom. The Hall–Kier alpha value is -1.07. The average molecular weight is 236 g/mol. The SMILES string of the molecule is CC(C)n1ncc2c1C(F)(F)CCC2(F)F. The maximum absolute atomic E-state index is 13.6. The predicted molar refractivity (Wildman–Crippen MR) is 49.6 cm³/mol. The summed E-state index contributed by atoms with van der Waals surface area (Å²) in [6, 6.07) is -0.358. The monoisotopic (exact) mass is 236 g/mol. The molecule has 0 amide bonds. The first kappa shape index (κ1) is 11.4. The number of hydrogen-bond acceptors (Lipinski definition) is 1. The van der Waals surface area contributed by atoms with E-state index in [0.29, 0.717) is 0 Å². The maximum Gasteiger partial charge on any atom is 0.290 e. The van der Waals surface area contributed by atoms with E-state index in [1.807, 2.05) is 0 Å². The van der Waals surface area contributed by atoms with Gasteiger partial charge in [-0.05, 0) is 13.8 Å². The highest BCUT2D eigenvalue weighted by Gasteiger charge is 2.52. The predicted octanol–water partition coefficient (Wildman–Crippen LogP) is 3.44. The van der Waals surface area contributed by atoms with Crippen LogP contribution in [0.3, 0.4) is 0 Å². The lowest BCUT2D eigenvalue weighted by molar-refractivity contribution is -0.100. The Morgan fingerprint density at radius 2 is 1.75 bits per heavy atom. The van der Waals surface area contributed by atoms with E-state index in [1.54, 1.807) is 13.8 Å². The fraction of sp³-hybridized carbons (Fsp3) is 0.700. The molecule has 1 aromatic rings. The summed E-state index contributed by atoms with van der Waals surface area (Å²) in [5, 5.41) is 3.65. The minimum atomic E-state index is -3.21. The first-order valence-corrected chi connectivity index (χ1v) is 5.10. The summed E-state index contributed by atoms with van der Waals surface area (Å²) in [7, 11) is 0. The zero-order chi connectivity index (χ0) is 12.1. The molecule has 0 aliphatic heterocycles. The Labute approximate surface area is 90.2 Å². The summed E-state index contributed by atoms with van der Waals surface area (Å²) in [6.07, 6.45) is -0.787. The van der Waals surface area contributed by atoms with Gasteiger partial charge in [-0.15, -0.1) is 0 Å². The second-order valence-electron chi connectivity index (χ2n) is 4.35. The van der Waals surface area contributed by atoms with Gasteiger partial charge in [0.15, 0.2) is 0 Å². The topological polar surface area (TPSA) is 17.8 Å². The molecule has 2 rings (SSSR count). The molecule has 0 N–H and O–H groups in total. The van der Waals surface area contributed by atoms with E-state index >= 15 is 0 Å². The fourth-order valence-electron chi connectivity index (χ4n) is 1.95. The molecular formula is C10H12F4N2. The summed E-state index contributed by atoms with van der Waals surface area (Å²) in [5.74, 6) is -6.40. The summed E-state index contributed by atoms with van der Waals surface area (Å²) in [4.78, 5) is 0. The number of nitrogens with zero attached hydrogens (tertiary/aromatic N) is 2. The largest absolute Gasteiger partial charge is 0.290 e. The summed E-state index contributed by atoms with van der Waals surface area (Å²) < 4.78 is 55.1. The molecule has 0 atom stereocenters. The maximum atomic E-state index is 13.6. The number of rotatable bonds is 1. The molecule has 0 spiro atoms. The van der Waals surface area contributed by atoms with Crippen LogP contribution in [-0.2, 0) is 11.8 Å². The average Bonchev–Trinajstić information content (AvgIpc) is 2.59. The van der Waals surface area contributed by atoms with Crippen molar-refractivity contribution in [2.45, 2.75) is 44.6 Å². The molecule has 1 aliphatic rings. The number of hydrogen-bond donors (Lipinski definition) is 0. The van der Waals surface area contributed by atoms with E-state index in [1.165, 1.54) is 0 Å². The lowest BCUT2D eigenvalue weighted by Gasteiger charge is -2.29. The van der Waals surface area contributed by atoms with Gasteiger partial charge in [0.2, 0.25) is 0 Å². The van der Waals surface area contributed by atoms with Crippen molar-refractivity contribution in [1.82, 2.24) is 9.78 Å². The van der Waals surface area contributed by atoms with Crippen LogP contribution in [-0.4, -0.2) is 9.78 Å². The van der Waals surface area contributed by atoms with E-state index in [0.717, 1.165) is 10.9 Å². The van der Waals surface area contributed by atoms with Crippen molar-refractivity contribution in [3.8, 4) is 0 Å². The number of aromatic nitrogens is 2. The normalized spacial score (nSPS) is 22.2. The fourth-order valence-corrected chi connectivity index (χ4v) is 1.95. The minimum absolute atomic E-state index is 0.358. The molecule has 0 bridgehead atoms. The van der Waals surface area contributed by atoms with Crippen LogP contribution in [0.2, 0.25) is 0 Å². The van der Waals surface area contributed by atoms with Crippen LogP contribution in [0.1, 0.15) is 44.0 Å². The molecule has 2 nitrogen and oxygen atoms in total. The molecule has 1 aromatic heterocycles. The second kappa shape index (κ2) is 3.21. The Balaban J connectivity index is 2.63. The zero-order valence-electron chi connectivity index (χ0n) is 8.98. The van der Waals surface area contributed by atoms with Gasteiger partial charge < -0.3 is 0 Å². The molecule has 0 radical (unpaired) electrons. The van der Waals surface area contributed by atoms with Gasteiger partial charge in [0.1, 0.15) is 5.69 Å². The first-order chi connectivity index (χ1) is 7.26. The van der Waals surface area contributed by atoms with Gasteiger partial charge in [-0.1, -0.05) is 0 Å².